The van der Waals surface area contributed by atoms with Gasteiger partial charge in [-0.1, -0.05) is 6.92 Å². The number of sulfone groups is 1. The summed E-state index contributed by atoms with van der Waals surface area (Å²) in [7, 11) is -1.30. The zero-order valence-corrected chi connectivity index (χ0v) is 13.7. The molecule has 0 aromatic rings. The molecule has 1 amide bonds. The van der Waals surface area contributed by atoms with Gasteiger partial charge in [-0.2, -0.15) is 0 Å². The first-order valence-electron chi connectivity index (χ1n) is 7.32. The molecule has 1 aliphatic heterocycles. The molecular formula is C13H26N4O3S. The number of piperidine rings is 1. The maximum atomic E-state index is 11.5. The van der Waals surface area contributed by atoms with Crippen LogP contribution in [0.15, 0.2) is 4.99 Å². The van der Waals surface area contributed by atoms with E-state index in [1.54, 1.807) is 14.0 Å². The summed E-state index contributed by atoms with van der Waals surface area (Å²) in [6, 6.07) is 0. The number of hydrogen-bond acceptors (Lipinski definition) is 4. The van der Waals surface area contributed by atoms with Crippen molar-refractivity contribution in [2.75, 3.05) is 38.2 Å². The number of primary amides is 1. The molecule has 1 unspecified atom stereocenters. The predicted molar refractivity (Wildman–Crippen MR) is 83.8 cm³/mol. The normalized spacial score (nSPS) is 20.4. The van der Waals surface area contributed by atoms with Gasteiger partial charge in [-0.15, -0.1) is 0 Å². The minimum absolute atomic E-state index is 0.0983. The van der Waals surface area contributed by atoms with Crippen LogP contribution in [0.4, 0.5) is 0 Å². The third kappa shape index (κ3) is 6.33. The second-order valence-electron chi connectivity index (χ2n) is 5.34. The van der Waals surface area contributed by atoms with Gasteiger partial charge in [-0.25, -0.2) is 8.42 Å². The summed E-state index contributed by atoms with van der Waals surface area (Å²) < 4.78 is 22.9. The number of aliphatic imine (C=N–C) groups is 1. The molecular weight excluding hydrogens is 292 g/mol. The SMILES string of the molecule is CCS(=O)(=O)CCNC(=NC)N1CCCC(CC(N)=O)C1. The molecule has 1 aliphatic rings. The van der Waals surface area contributed by atoms with E-state index < -0.39 is 9.84 Å². The average molecular weight is 318 g/mol. The molecule has 0 aromatic heterocycles. The van der Waals surface area contributed by atoms with Crippen LogP contribution in [0, 0.1) is 5.92 Å². The molecule has 0 spiro atoms. The van der Waals surface area contributed by atoms with Gasteiger partial charge in [-0.3, -0.25) is 9.79 Å². The van der Waals surface area contributed by atoms with E-state index in [2.05, 4.69) is 15.2 Å². The van der Waals surface area contributed by atoms with Gasteiger partial charge < -0.3 is 16.0 Å². The van der Waals surface area contributed by atoms with E-state index in [1.165, 1.54) is 0 Å². The topological polar surface area (TPSA) is 105 Å². The highest BCUT2D eigenvalue weighted by Gasteiger charge is 2.23. The highest BCUT2D eigenvalue weighted by molar-refractivity contribution is 7.91. The number of nitrogens with two attached hydrogens (primary N) is 1. The average Bonchev–Trinajstić information content (AvgIpc) is 2.43. The van der Waals surface area contributed by atoms with E-state index in [0.29, 0.717) is 18.9 Å². The van der Waals surface area contributed by atoms with Crippen LogP contribution in [0.3, 0.4) is 0 Å². The minimum Gasteiger partial charge on any atom is -0.370 e. The van der Waals surface area contributed by atoms with Crippen molar-refractivity contribution in [3.05, 3.63) is 0 Å². The molecule has 3 N–H and O–H groups in total. The number of hydrogen-bond donors (Lipinski definition) is 2. The second kappa shape index (κ2) is 8.21. The lowest BCUT2D eigenvalue weighted by Crippen LogP contribution is -2.48. The minimum atomic E-state index is -2.98. The fourth-order valence-corrected chi connectivity index (χ4v) is 3.21. The first kappa shape index (κ1) is 17.7. The largest absolute Gasteiger partial charge is 0.370 e. The van der Waals surface area contributed by atoms with Crippen LogP contribution < -0.4 is 11.1 Å². The van der Waals surface area contributed by atoms with Gasteiger partial charge in [0.15, 0.2) is 15.8 Å². The van der Waals surface area contributed by atoms with Crippen LogP contribution >= 0.6 is 0 Å². The molecule has 21 heavy (non-hydrogen) atoms. The third-order valence-corrected chi connectivity index (χ3v) is 5.36. The van der Waals surface area contributed by atoms with Gasteiger partial charge in [0.25, 0.3) is 0 Å². The maximum absolute atomic E-state index is 11.5. The Hall–Kier alpha value is -1.31. The third-order valence-electron chi connectivity index (χ3n) is 3.66. The van der Waals surface area contributed by atoms with E-state index in [9.17, 15) is 13.2 Å². The molecule has 7 nitrogen and oxygen atoms in total. The van der Waals surface area contributed by atoms with Crippen molar-refractivity contribution in [2.45, 2.75) is 26.2 Å². The molecule has 0 aliphatic carbocycles. The van der Waals surface area contributed by atoms with E-state index in [4.69, 9.17) is 5.73 Å². The zero-order chi connectivity index (χ0) is 15.9. The number of rotatable bonds is 6. The van der Waals surface area contributed by atoms with Gasteiger partial charge in [-0.05, 0) is 18.8 Å². The summed E-state index contributed by atoms with van der Waals surface area (Å²) in [5.74, 6) is 0.905. The maximum Gasteiger partial charge on any atom is 0.217 e. The molecule has 0 bridgehead atoms. The van der Waals surface area contributed by atoms with Crippen LogP contribution in [0.2, 0.25) is 0 Å². The number of guanidine groups is 1. The summed E-state index contributed by atoms with van der Waals surface area (Å²) >= 11 is 0. The number of carbonyl (C=O) groups is 1. The second-order valence-corrected chi connectivity index (χ2v) is 7.81. The van der Waals surface area contributed by atoms with Crippen molar-refractivity contribution in [2.24, 2.45) is 16.6 Å². The lowest BCUT2D eigenvalue weighted by Gasteiger charge is -2.34. The van der Waals surface area contributed by atoms with Crippen LogP contribution in [0.5, 0.6) is 0 Å². The van der Waals surface area contributed by atoms with Crippen molar-refractivity contribution in [3.63, 3.8) is 0 Å². The molecule has 8 heteroatoms. The standard InChI is InChI=1S/C13H26N4O3S/c1-3-21(19,20)8-6-16-13(15-2)17-7-4-5-11(10-17)9-12(14)18/h11H,3-10H2,1-2H3,(H2,14,18)(H,15,16). The number of carbonyl (C=O) groups excluding carboxylic acids is 1. The Kier molecular flexibility index (Phi) is 6.94. The van der Waals surface area contributed by atoms with Crippen LogP contribution in [0.1, 0.15) is 26.2 Å². The number of likely N-dealkylation sites (tertiary alicyclic amines) is 1. The monoisotopic (exact) mass is 318 g/mol. The molecule has 1 rings (SSSR count). The van der Waals surface area contributed by atoms with Crippen molar-refractivity contribution in [3.8, 4) is 0 Å². The highest BCUT2D eigenvalue weighted by atomic mass is 32.2. The summed E-state index contributed by atoms with van der Waals surface area (Å²) in [6.07, 6.45) is 2.35. The van der Waals surface area contributed by atoms with Crippen molar-refractivity contribution in [1.82, 2.24) is 10.2 Å². The number of nitrogens with zero attached hydrogens (tertiary/aromatic N) is 2. The predicted octanol–water partition coefficient (Wildman–Crippen LogP) is -0.416. The summed E-state index contributed by atoms with van der Waals surface area (Å²) in [6.45, 7) is 3.57. The Labute approximate surface area is 126 Å². The molecule has 1 saturated heterocycles. The molecule has 1 atom stereocenters. The van der Waals surface area contributed by atoms with Gasteiger partial charge in [0, 0.05) is 38.9 Å². The Morgan fingerprint density at radius 3 is 2.76 bits per heavy atom. The first-order valence-corrected chi connectivity index (χ1v) is 9.14. The van der Waals surface area contributed by atoms with Crippen molar-refractivity contribution >= 4 is 21.7 Å². The molecule has 0 saturated carbocycles. The highest BCUT2D eigenvalue weighted by Crippen LogP contribution is 2.19. The molecule has 1 heterocycles. The Balaban J connectivity index is 2.50. The fourth-order valence-electron chi connectivity index (χ4n) is 2.50. The van der Waals surface area contributed by atoms with Gasteiger partial charge in [0.2, 0.25) is 5.91 Å². The van der Waals surface area contributed by atoms with Crippen LogP contribution in [-0.2, 0) is 14.6 Å². The van der Waals surface area contributed by atoms with Crippen LogP contribution in [-0.4, -0.2) is 63.4 Å². The molecule has 122 valence electrons. The number of nitrogens with one attached hydrogen (secondary N) is 1. The molecule has 0 aromatic carbocycles. The lowest BCUT2D eigenvalue weighted by atomic mass is 9.95. The van der Waals surface area contributed by atoms with Crippen LogP contribution in [0.25, 0.3) is 0 Å². The van der Waals surface area contributed by atoms with Gasteiger partial charge >= 0.3 is 0 Å². The van der Waals surface area contributed by atoms with Gasteiger partial charge in [0.05, 0.1) is 5.75 Å². The van der Waals surface area contributed by atoms with E-state index >= 15 is 0 Å². The Bertz CT molecular complexity index is 476. The number of amides is 1. The van der Waals surface area contributed by atoms with Crippen molar-refractivity contribution in [1.29, 1.82) is 0 Å². The van der Waals surface area contributed by atoms with E-state index in [0.717, 1.165) is 25.9 Å². The fraction of sp³-hybridized carbons (Fsp3) is 0.846. The molecule has 0 radical (unpaired) electrons. The Morgan fingerprint density at radius 2 is 2.19 bits per heavy atom. The molecule has 1 fully saturated rings. The first-order chi connectivity index (χ1) is 9.88. The van der Waals surface area contributed by atoms with E-state index in [-0.39, 0.29) is 23.3 Å². The summed E-state index contributed by atoms with van der Waals surface area (Å²) in [5.41, 5.74) is 5.25. The zero-order valence-electron chi connectivity index (χ0n) is 12.8. The quantitative estimate of drug-likeness (QED) is 0.511. The summed E-state index contributed by atoms with van der Waals surface area (Å²) in [4.78, 5) is 17.3. The van der Waals surface area contributed by atoms with Crippen molar-refractivity contribution < 1.29 is 13.2 Å². The smallest absolute Gasteiger partial charge is 0.217 e. The van der Waals surface area contributed by atoms with E-state index in [1.807, 2.05) is 0 Å². The van der Waals surface area contributed by atoms with Gasteiger partial charge in [0.1, 0.15) is 0 Å². The lowest BCUT2D eigenvalue weighted by molar-refractivity contribution is -0.119. The summed E-state index contributed by atoms with van der Waals surface area (Å²) in [5, 5.41) is 3.08. The Morgan fingerprint density at radius 1 is 1.48 bits per heavy atom.